The zero-order chi connectivity index (χ0) is 13.8. The van der Waals surface area contributed by atoms with Crippen molar-refractivity contribution >= 4 is 23.1 Å². The van der Waals surface area contributed by atoms with Gasteiger partial charge < -0.3 is 16.4 Å². The van der Waals surface area contributed by atoms with E-state index in [9.17, 15) is 4.79 Å². The maximum Gasteiger partial charge on any atom is 0.267 e. The third-order valence-corrected chi connectivity index (χ3v) is 2.80. The lowest BCUT2D eigenvalue weighted by Crippen LogP contribution is -2.21. The zero-order valence-electron chi connectivity index (χ0n) is 10.7. The number of para-hydroxylation sites is 1. The summed E-state index contributed by atoms with van der Waals surface area (Å²) in [7, 11) is 0. The van der Waals surface area contributed by atoms with Gasteiger partial charge in [0.1, 0.15) is 5.69 Å². The lowest BCUT2D eigenvalue weighted by Gasteiger charge is -2.23. The third-order valence-electron chi connectivity index (χ3n) is 2.80. The van der Waals surface area contributed by atoms with Gasteiger partial charge in [0.15, 0.2) is 5.82 Å². The van der Waals surface area contributed by atoms with Crippen LogP contribution in [0.25, 0.3) is 0 Å². The largest absolute Gasteiger partial charge is 0.396 e. The molecule has 0 fully saturated rings. The van der Waals surface area contributed by atoms with Crippen LogP contribution in [0.4, 0.5) is 17.2 Å². The molecule has 0 bridgehead atoms. The molecule has 0 saturated carbocycles. The molecule has 0 radical (unpaired) electrons. The monoisotopic (exact) mass is 256 g/mol. The minimum atomic E-state index is -0.564. The number of anilines is 3. The van der Waals surface area contributed by atoms with Crippen molar-refractivity contribution in [3.8, 4) is 0 Å². The average Bonchev–Trinajstić information content (AvgIpc) is 2.42. The predicted octanol–water partition coefficient (Wildman–Crippen LogP) is 1.92. The Hall–Kier alpha value is -2.56. The summed E-state index contributed by atoms with van der Waals surface area (Å²) in [4.78, 5) is 17.4. The number of nitrogens with zero attached hydrogens (tertiary/aromatic N) is 2. The van der Waals surface area contributed by atoms with Crippen molar-refractivity contribution in [2.45, 2.75) is 6.92 Å². The second-order valence-corrected chi connectivity index (χ2v) is 4.05. The number of hydrogen-bond acceptors (Lipinski definition) is 4. The molecule has 1 aromatic heterocycles. The molecule has 5 heteroatoms. The van der Waals surface area contributed by atoms with Gasteiger partial charge in [0.05, 0.1) is 5.69 Å². The van der Waals surface area contributed by atoms with Gasteiger partial charge in [-0.25, -0.2) is 4.98 Å². The van der Waals surface area contributed by atoms with E-state index in [2.05, 4.69) is 4.98 Å². The Morgan fingerprint density at radius 1 is 1.21 bits per heavy atom. The number of carbonyl (C=O) groups is 1. The molecule has 98 valence electrons. The van der Waals surface area contributed by atoms with Gasteiger partial charge in [-0.15, -0.1) is 0 Å². The van der Waals surface area contributed by atoms with Gasteiger partial charge >= 0.3 is 0 Å². The lowest BCUT2D eigenvalue weighted by atomic mass is 10.2. The van der Waals surface area contributed by atoms with Gasteiger partial charge in [0, 0.05) is 12.2 Å². The van der Waals surface area contributed by atoms with Crippen LogP contribution < -0.4 is 16.4 Å². The van der Waals surface area contributed by atoms with Gasteiger partial charge in [-0.1, -0.05) is 18.2 Å². The van der Waals surface area contributed by atoms with Gasteiger partial charge in [-0.3, -0.25) is 4.79 Å². The first-order chi connectivity index (χ1) is 9.13. The van der Waals surface area contributed by atoms with Crippen LogP contribution in [0.1, 0.15) is 17.4 Å². The molecule has 2 aromatic rings. The SMILES string of the molecule is CCN(c1ccccc1)c1nc(C(N)=O)ccc1N. The van der Waals surface area contributed by atoms with E-state index in [1.165, 1.54) is 6.07 Å². The molecule has 0 aliphatic rings. The first-order valence-corrected chi connectivity index (χ1v) is 6.02. The number of benzene rings is 1. The second-order valence-electron chi connectivity index (χ2n) is 4.05. The molecule has 0 atom stereocenters. The van der Waals surface area contributed by atoms with Crippen LogP contribution in [0.2, 0.25) is 0 Å². The Kier molecular flexibility index (Phi) is 3.66. The maximum atomic E-state index is 11.2. The molecule has 19 heavy (non-hydrogen) atoms. The maximum absolute atomic E-state index is 11.2. The van der Waals surface area contributed by atoms with E-state index >= 15 is 0 Å². The smallest absolute Gasteiger partial charge is 0.267 e. The number of pyridine rings is 1. The number of rotatable bonds is 4. The van der Waals surface area contributed by atoms with E-state index < -0.39 is 5.91 Å². The molecule has 0 spiro atoms. The minimum absolute atomic E-state index is 0.207. The summed E-state index contributed by atoms with van der Waals surface area (Å²) < 4.78 is 0. The summed E-state index contributed by atoms with van der Waals surface area (Å²) in [5.41, 5.74) is 12.9. The first-order valence-electron chi connectivity index (χ1n) is 6.02. The topological polar surface area (TPSA) is 85.2 Å². The zero-order valence-corrected chi connectivity index (χ0v) is 10.7. The first kappa shape index (κ1) is 12.9. The van der Waals surface area contributed by atoms with Crippen molar-refractivity contribution in [1.29, 1.82) is 0 Å². The number of hydrogen-bond donors (Lipinski definition) is 2. The Balaban J connectivity index is 2.49. The van der Waals surface area contributed by atoms with Gasteiger partial charge in [0.25, 0.3) is 5.91 Å². The highest BCUT2D eigenvalue weighted by Gasteiger charge is 2.14. The molecular weight excluding hydrogens is 240 g/mol. The molecule has 2 rings (SSSR count). The van der Waals surface area contributed by atoms with E-state index in [1.54, 1.807) is 6.07 Å². The van der Waals surface area contributed by atoms with Crippen molar-refractivity contribution in [3.63, 3.8) is 0 Å². The van der Waals surface area contributed by atoms with Crippen molar-refractivity contribution in [2.24, 2.45) is 5.73 Å². The number of aromatic nitrogens is 1. The average molecular weight is 256 g/mol. The van der Waals surface area contributed by atoms with Crippen molar-refractivity contribution < 1.29 is 4.79 Å². The molecule has 1 amide bonds. The lowest BCUT2D eigenvalue weighted by molar-refractivity contribution is 0.0995. The van der Waals surface area contributed by atoms with Crippen LogP contribution in [-0.4, -0.2) is 17.4 Å². The number of primary amides is 1. The van der Waals surface area contributed by atoms with E-state index in [0.717, 1.165) is 5.69 Å². The number of nitrogen functional groups attached to an aromatic ring is 1. The van der Waals surface area contributed by atoms with Crippen LogP contribution in [0.15, 0.2) is 42.5 Å². The molecule has 5 nitrogen and oxygen atoms in total. The fraction of sp³-hybridized carbons (Fsp3) is 0.143. The Labute approximate surface area is 111 Å². The Bertz CT molecular complexity index is 583. The minimum Gasteiger partial charge on any atom is -0.396 e. The predicted molar refractivity (Wildman–Crippen MR) is 76.3 cm³/mol. The summed E-state index contributed by atoms with van der Waals surface area (Å²) >= 11 is 0. The van der Waals surface area contributed by atoms with Crippen LogP contribution in [0.5, 0.6) is 0 Å². The molecule has 4 N–H and O–H groups in total. The van der Waals surface area contributed by atoms with E-state index in [1.807, 2.05) is 42.2 Å². The standard InChI is InChI=1S/C14H16N4O/c1-2-18(10-6-4-3-5-7-10)14-11(15)8-9-12(17-14)13(16)19/h3-9H,2,15H2,1H3,(H2,16,19). The summed E-state index contributed by atoms with van der Waals surface area (Å²) in [6.45, 7) is 2.68. The number of carbonyl (C=O) groups excluding carboxylic acids is 1. The number of nitrogens with two attached hydrogens (primary N) is 2. The summed E-state index contributed by atoms with van der Waals surface area (Å²) in [5.74, 6) is -0.0182. The highest BCUT2D eigenvalue weighted by Crippen LogP contribution is 2.28. The van der Waals surface area contributed by atoms with Crippen molar-refractivity contribution in [1.82, 2.24) is 4.98 Å². The molecule has 0 unspecified atom stereocenters. The second kappa shape index (κ2) is 5.39. The van der Waals surface area contributed by atoms with Crippen molar-refractivity contribution in [2.75, 3.05) is 17.2 Å². The number of amides is 1. The molecule has 1 aromatic carbocycles. The van der Waals surface area contributed by atoms with E-state index in [-0.39, 0.29) is 5.69 Å². The van der Waals surface area contributed by atoms with E-state index in [4.69, 9.17) is 11.5 Å². The van der Waals surface area contributed by atoms with E-state index in [0.29, 0.717) is 18.1 Å². The van der Waals surface area contributed by atoms with Crippen LogP contribution >= 0.6 is 0 Å². The van der Waals surface area contributed by atoms with Gasteiger partial charge in [-0.2, -0.15) is 0 Å². The Morgan fingerprint density at radius 2 is 1.89 bits per heavy atom. The Morgan fingerprint density at radius 3 is 2.47 bits per heavy atom. The summed E-state index contributed by atoms with van der Waals surface area (Å²) in [5, 5.41) is 0. The molecule has 0 aliphatic heterocycles. The summed E-state index contributed by atoms with van der Waals surface area (Å²) in [6.07, 6.45) is 0. The quantitative estimate of drug-likeness (QED) is 0.875. The van der Waals surface area contributed by atoms with Crippen molar-refractivity contribution in [3.05, 3.63) is 48.2 Å². The fourth-order valence-electron chi connectivity index (χ4n) is 1.88. The molecule has 1 heterocycles. The normalized spacial score (nSPS) is 10.2. The van der Waals surface area contributed by atoms with Crippen LogP contribution in [0, 0.1) is 0 Å². The fourth-order valence-corrected chi connectivity index (χ4v) is 1.88. The molecular formula is C14H16N4O. The molecule has 0 aliphatic carbocycles. The highest BCUT2D eigenvalue weighted by atomic mass is 16.1. The van der Waals surface area contributed by atoms with Crippen LogP contribution in [-0.2, 0) is 0 Å². The summed E-state index contributed by atoms with van der Waals surface area (Å²) in [6, 6.07) is 12.9. The van der Waals surface area contributed by atoms with Crippen LogP contribution in [0.3, 0.4) is 0 Å². The van der Waals surface area contributed by atoms with Gasteiger partial charge in [0.2, 0.25) is 0 Å². The highest BCUT2D eigenvalue weighted by molar-refractivity contribution is 5.92. The molecule has 0 saturated heterocycles. The third kappa shape index (κ3) is 2.65. The van der Waals surface area contributed by atoms with Gasteiger partial charge in [-0.05, 0) is 31.2 Å².